The normalized spacial score (nSPS) is 27.0. The molecular weight excluding hydrogens is 230 g/mol. The van der Waals surface area contributed by atoms with Gasteiger partial charge in [-0.2, -0.15) is 0 Å². The Hall–Kier alpha value is -0.450. The molecule has 0 radical (unpaired) electrons. The monoisotopic (exact) mass is 251 g/mol. The van der Waals surface area contributed by atoms with Gasteiger partial charge in [0, 0.05) is 37.1 Å². The molecule has 1 aromatic rings. The molecule has 3 nitrogen and oxygen atoms in total. The van der Waals surface area contributed by atoms with Gasteiger partial charge in [0.25, 0.3) is 0 Å². The van der Waals surface area contributed by atoms with Crippen molar-refractivity contribution in [3.05, 3.63) is 16.1 Å². The maximum Gasteiger partial charge on any atom is 0.0798 e. The van der Waals surface area contributed by atoms with Crippen LogP contribution in [0.5, 0.6) is 0 Å². The average molecular weight is 251 g/mol. The van der Waals surface area contributed by atoms with Crippen molar-refractivity contribution in [2.24, 2.45) is 0 Å². The summed E-state index contributed by atoms with van der Waals surface area (Å²) in [4.78, 5) is 11.1. The maximum absolute atomic E-state index is 4.35. The van der Waals surface area contributed by atoms with E-state index in [1.807, 2.05) is 5.51 Å². The third-order valence-electron chi connectivity index (χ3n) is 4.13. The smallest absolute Gasteiger partial charge is 0.0798 e. The molecule has 0 bridgehead atoms. The fourth-order valence-electron chi connectivity index (χ4n) is 3.05. The molecule has 2 saturated heterocycles. The van der Waals surface area contributed by atoms with Gasteiger partial charge in [0.15, 0.2) is 0 Å². The third-order valence-corrected chi connectivity index (χ3v) is 5.05. The molecule has 0 aromatic carbocycles. The van der Waals surface area contributed by atoms with Crippen molar-refractivity contribution in [1.82, 2.24) is 14.8 Å². The van der Waals surface area contributed by atoms with Gasteiger partial charge >= 0.3 is 0 Å². The number of piperidine rings is 1. The Morgan fingerprint density at radius 3 is 3.12 bits per heavy atom. The first-order valence-corrected chi connectivity index (χ1v) is 7.56. The second-order valence-corrected chi connectivity index (χ2v) is 6.22. The van der Waals surface area contributed by atoms with Crippen molar-refractivity contribution in [2.45, 2.75) is 38.8 Å². The van der Waals surface area contributed by atoms with E-state index in [1.165, 1.54) is 56.0 Å². The Labute approximate surface area is 107 Å². The highest BCUT2D eigenvalue weighted by atomic mass is 32.1. The molecule has 3 rings (SSSR count). The molecule has 0 N–H and O–H groups in total. The number of fused-ring (bicyclic) bond motifs is 1. The van der Waals surface area contributed by atoms with Crippen molar-refractivity contribution in [1.29, 1.82) is 0 Å². The second kappa shape index (κ2) is 5.04. The minimum atomic E-state index is 0.825. The van der Waals surface area contributed by atoms with Crippen LogP contribution in [0.1, 0.15) is 29.8 Å². The third kappa shape index (κ3) is 2.54. The first-order valence-electron chi connectivity index (χ1n) is 6.68. The molecule has 0 amide bonds. The summed E-state index contributed by atoms with van der Waals surface area (Å²) in [6.45, 7) is 8.33. The molecule has 2 aliphatic heterocycles. The van der Waals surface area contributed by atoms with Crippen LogP contribution in [0.2, 0.25) is 0 Å². The summed E-state index contributed by atoms with van der Waals surface area (Å²) in [6, 6.07) is 0.825. The van der Waals surface area contributed by atoms with Crippen LogP contribution in [0.4, 0.5) is 0 Å². The second-order valence-electron chi connectivity index (χ2n) is 5.28. The van der Waals surface area contributed by atoms with Crippen LogP contribution in [0.3, 0.4) is 0 Å². The largest absolute Gasteiger partial charge is 0.298 e. The van der Waals surface area contributed by atoms with Crippen LogP contribution >= 0.6 is 11.3 Å². The predicted molar refractivity (Wildman–Crippen MR) is 71.3 cm³/mol. The minimum absolute atomic E-state index is 0.825. The summed E-state index contributed by atoms with van der Waals surface area (Å²) < 4.78 is 0. The molecule has 0 saturated carbocycles. The van der Waals surface area contributed by atoms with Crippen molar-refractivity contribution < 1.29 is 0 Å². The van der Waals surface area contributed by atoms with Crippen molar-refractivity contribution in [2.75, 3.05) is 26.2 Å². The number of piperazine rings is 1. The van der Waals surface area contributed by atoms with E-state index < -0.39 is 0 Å². The Kier molecular flexibility index (Phi) is 3.45. The van der Waals surface area contributed by atoms with E-state index in [2.05, 4.69) is 21.7 Å². The number of rotatable bonds is 2. The lowest BCUT2D eigenvalue weighted by atomic mass is 9.99. The molecule has 0 aliphatic carbocycles. The van der Waals surface area contributed by atoms with Gasteiger partial charge < -0.3 is 0 Å². The SMILES string of the molecule is Cc1ncsc1CN1CCN2CCCCC2C1. The van der Waals surface area contributed by atoms with Gasteiger partial charge in [-0.3, -0.25) is 9.80 Å². The molecule has 1 unspecified atom stereocenters. The zero-order valence-corrected chi connectivity index (χ0v) is 11.4. The highest BCUT2D eigenvalue weighted by Gasteiger charge is 2.28. The summed E-state index contributed by atoms with van der Waals surface area (Å²) in [5.74, 6) is 0. The molecule has 4 heteroatoms. The van der Waals surface area contributed by atoms with E-state index in [1.54, 1.807) is 11.3 Å². The summed E-state index contributed by atoms with van der Waals surface area (Å²) in [5.41, 5.74) is 3.20. The molecule has 0 spiro atoms. The highest BCUT2D eigenvalue weighted by molar-refractivity contribution is 7.09. The van der Waals surface area contributed by atoms with E-state index >= 15 is 0 Å². The average Bonchev–Trinajstić information content (AvgIpc) is 2.75. The number of aromatic nitrogens is 1. The first kappa shape index (κ1) is 11.6. The van der Waals surface area contributed by atoms with E-state index in [9.17, 15) is 0 Å². The van der Waals surface area contributed by atoms with Crippen molar-refractivity contribution >= 4 is 11.3 Å². The lowest BCUT2D eigenvalue weighted by Crippen LogP contribution is -2.54. The molecule has 2 fully saturated rings. The molecule has 1 atom stereocenters. The van der Waals surface area contributed by atoms with Crippen LogP contribution in [-0.4, -0.2) is 47.0 Å². The Morgan fingerprint density at radius 2 is 2.29 bits per heavy atom. The standard InChI is InChI=1S/C13H21N3S/c1-11-13(17-10-14-11)9-15-6-7-16-5-3-2-4-12(16)8-15/h10,12H,2-9H2,1H3. The van der Waals surface area contributed by atoms with Crippen LogP contribution in [0.25, 0.3) is 0 Å². The number of hydrogen-bond donors (Lipinski definition) is 0. The van der Waals surface area contributed by atoms with E-state index in [4.69, 9.17) is 0 Å². The maximum atomic E-state index is 4.35. The quantitative estimate of drug-likeness (QED) is 0.802. The topological polar surface area (TPSA) is 19.4 Å². The molecule has 3 heterocycles. The summed E-state index contributed by atoms with van der Waals surface area (Å²) >= 11 is 1.81. The predicted octanol–water partition coefficient (Wildman–Crippen LogP) is 2.12. The number of aryl methyl sites for hydroxylation is 1. The van der Waals surface area contributed by atoms with Crippen LogP contribution in [0.15, 0.2) is 5.51 Å². The Morgan fingerprint density at radius 1 is 1.35 bits per heavy atom. The molecule has 94 valence electrons. The van der Waals surface area contributed by atoms with Gasteiger partial charge in [-0.1, -0.05) is 6.42 Å². The summed E-state index contributed by atoms with van der Waals surface area (Å²) in [5, 5.41) is 0. The summed E-state index contributed by atoms with van der Waals surface area (Å²) in [7, 11) is 0. The summed E-state index contributed by atoms with van der Waals surface area (Å²) in [6.07, 6.45) is 4.23. The van der Waals surface area contributed by atoms with Gasteiger partial charge in [0.2, 0.25) is 0 Å². The zero-order valence-electron chi connectivity index (χ0n) is 10.6. The fraction of sp³-hybridized carbons (Fsp3) is 0.769. The Balaban J connectivity index is 1.60. The molecular formula is C13H21N3S. The Bertz CT molecular complexity index is 376. The van der Waals surface area contributed by atoms with E-state index in [0.29, 0.717) is 0 Å². The van der Waals surface area contributed by atoms with Crippen molar-refractivity contribution in [3.8, 4) is 0 Å². The highest BCUT2D eigenvalue weighted by Crippen LogP contribution is 2.23. The van der Waals surface area contributed by atoms with Gasteiger partial charge in [-0.25, -0.2) is 4.98 Å². The van der Waals surface area contributed by atoms with Gasteiger partial charge in [-0.15, -0.1) is 11.3 Å². The van der Waals surface area contributed by atoms with Gasteiger partial charge in [-0.05, 0) is 26.3 Å². The van der Waals surface area contributed by atoms with Gasteiger partial charge in [0.1, 0.15) is 0 Å². The molecule has 2 aliphatic rings. The first-order chi connectivity index (χ1) is 8.33. The lowest BCUT2D eigenvalue weighted by Gasteiger charge is -2.44. The van der Waals surface area contributed by atoms with E-state index in [-0.39, 0.29) is 0 Å². The van der Waals surface area contributed by atoms with Crippen LogP contribution in [-0.2, 0) is 6.54 Å². The van der Waals surface area contributed by atoms with Crippen LogP contribution < -0.4 is 0 Å². The zero-order chi connectivity index (χ0) is 11.7. The van der Waals surface area contributed by atoms with E-state index in [0.717, 1.165) is 12.6 Å². The molecule has 17 heavy (non-hydrogen) atoms. The fourth-order valence-corrected chi connectivity index (χ4v) is 3.86. The number of thiazole rings is 1. The number of nitrogens with zero attached hydrogens (tertiary/aromatic N) is 3. The lowest BCUT2D eigenvalue weighted by molar-refractivity contribution is 0.0460. The van der Waals surface area contributed by atoms with Crippen LogP contribution in [0, 0.1) is 6.92 Å². The minimum Gasteiger partial charge on any atom is -0.298 e. The number of hydrogen-bond acceptors (Lipinski definition) is 4. The molecule has 1 aromatic heterocycles. The van der Waals surface area contributed by atoms with Gasteiger partial charge in [0.05, 0.1) is 11.2 Å². The van der Waals surface area contributed by atoms with Crippen molar-refractivity contribution in [3.63, 3.8) is 0 Å².